The summed E-state index contributed by atoms with van der Waals surface area (Å²) in [6.07, 6.45) is 12.4. The van der Waals surface area contributed by atoms with Crippen molar-refractivity contribution in [2.24, 2.45) is 23.2 Å². The molecule has 212 valence electrons. The molecule has 0 aliphatic heterocycles. The van der Waals surface area contributed by atoms with Crippen molar-refractivity contribution in [3.05, 3.63) is 59.2 Å². The molecule has 3 aliphatic rings. The summed E-state index contributed by atoms with van der Waals surface area (Å²) < 4.78 is 5.41. The number of Topliss-reactive ketones (excluding diaryl/α,β-unsaturated/α-hetero) is 2. The third kappa shape index (κ3) is 5.99. The molecule has 0 spiro atoms. The van der Waals surface area contributed by atoms with E-state index < -0.39 is 0 Å². The zero-order valence-corrected chi connectivity index (χ0v) is 24.2. The Hall–Kier alpha value is -3.06. The van der Waals surface area contributed by atoms with E-state index in [1.54, 1.807) is 6.07 Å². The summed E-state index contributed by atoms with van der Waals surface area (Å²) in [5.41, 5.74) is 3.24. The van der Waals surface area contributed by atoms with E-state index in [0.717, 1.165) is 42.4 Å². The summed E-state index contributed by atoms with van der Waals surface area (Å²) in [4.78, 5) is 27.1. The molecule has 0 bridgehead atoms. The van der Waals surface area contributed by atoms with Gasteiger partial charge in [0.2, 0.25) is 0 Å². The van der Waals surface area contributed by atoms with E-state index in [1.807, 2.05) is 24.3 Å². The Balaban J connectivity index is 1.58. The Morgan fingerprint density at radius 3 is 2.50 bits per heavy atom. The minimum atomic E-state index is -0.265. The second-order valence-electron chi connectivity index (χ2n) is 12.4. The lowest BCUT2D eigenvalue weighted by Crippen LogP contribution is -2.32. The Morgan fingerprint density at radius 2 is 1.77 bits per heavy atom. The van der Waals surface area contributed by atoms with Gasteiger partial charge in [-0.1, -0.05) is 74.8 Å². The zero-order chi connectivity index (χ0) is 28.1. The first-order valence-corrected chi connectivity index (χ1v) is 15.4. The van der Waals surface area contributed by atoms with Crippen LogP contribution in [-0.2, 0) is 16.0 Å². The fourth-order valence-corrected chi connectivity index (χ4v) is 8.04. The number of phenols is 1. The molecule has 2 saturated carbocycles. The molecular weight excluding hydrogens is 496 g/mol. The Kier molecular flexibility index (Phi) is 8.99. The predicted octanol–water partition coefficient (Wildman–Crippen LogP) is 7.79. The van der Waals surface area contributed by atoms with Gasteiger partial charge >= 0.3 is 0 Å². The van der Waals surface area contributed by atoms with Gasteiger partial charge in [-0.15, -0.1) is 0 Å². The van der Waals surface area contributed by atoms with Crippen LogP contribution in [0.1, 0.15) is 107 Å². The van der Waals surface area contributed by atoms with E-state index in [1.165, 1.54) is 45.6 Å². The van der Waals surface area contributed by atoms with Gasteiger partial charge in [0.1, 0.15) is 11.6 Å². The first kappa shape index (κ1) is 28.5. The standard InChI is InChI=1S/C36H44O4/c1-3-18-36(19-7-8-20-36)28-13-9-12-26-15-17-30(25-10-5-4-6-11-25)31-24-34(39)35(40-2)21-27(31)14-16-29(37)23-33(38)32(26)22-28/h4-6,10-11,21,24,26,28,30,32,39H,3,7-9,12-14,16,18-20,22-23H2,1-2H3/t26-,28-,30-,32+/m0/s1. The molecule has 1 N–H and O–H groups in total. The van der Waals surface area contributed by atoms with Gasteiger partial charge in [0, 0.05) is 18.3 Å². The quantitative estimate of drug-likeness (QED) is 0.310. The maximum atomic E-state index is 13.9. The lowest BCUT2D eigenvalue weighted by atomic mass is 9.66. The highest BCUT2D eigenvalue weighted by Gasteiger charge is 2.44. The molecule has 4 heteroatoms. The summed E-state index contributed by atoms with van der Waals surface area (Å²) in [5.74, 6) is 7.83. The molecule has 0 aromatic heterocycles. The normalized spacial score (nSPS) is 26.8. The molecule has 40 heavy (non-hydrogen) atoms. The number of phenolic OH excluding ortho intramolecular Hbond substituents is 1. The van der Waals surface area contributed by atoms with Crippen molar-refractivity contribution in [1.29, 1.82) is 0 Å². The van der Waals surface area contributed by atoms with Crippen LogP contribution in [0, 0.1) is 35.0 Å². The molecule has 0 amide bonds. The van der Waals surface area contributed by atoms with Crippen LogP contribution < -0.4 is 4.74 Å². The SMILES string of the molecule is CCCC1([C@H]2CCC[C@H]3C#C[C@@H](c4ccccc4)c4cc(O)c(OC)cc4CCC(=O)CC(=O)[C@@H]3C2)CCCC1. The molecule has 0 radical (unpaired) electrons. The Bertz CT molecular complexity index is 1260. The van der Waals surface area contributed by atoms with Crippen molar-refractivity contribution in [2.75, 3.05) is 7.11 Å². The second kappa shape index (κ2) is 12.6. The number of carbonyl (C=O) groups is 2. The molecule has 3 aliphatic carbocycles. The average molecular weight is 541 g/mol. The number of ether oxygens (including phenoxy) is 1. The number of aromatic hydroxyl groups is 1. The summed E-state index contributed by atoms with van der Waals surface area (Å²) >= 11 is 0. The summed E-state index contributed by atoms with van der Waals surface area (Å²) in [7, 11) is 1.53. The number of hydrogen-bond donors (Lipinski definition) is 1. The van der Waals surface area contributed by atoms with Crippen LogP contribution in [0.4, 0.5) is 0 Å². The maximum Gasteiger partial charge on any atom is 0.160 e. The van der Waals surface area contributed by atoms with Crippen LogP contribution in [0.5, 0.6) is 11.5 Å². The molecule has 2 fully saturated rings. The molecule has 2 aromatic rings. The molecular formula is C36H44O4. The summed E-state index contributed by atoms with van der Waals surface area (Å²) in [6, 6.07) is 13.7. The van der Waals surface area contributed by atoms with Crippen molar-refractivity contribution in [3.63, 3.8) is 0 Å². The lowest BCUT2D eigenvalue weighted by Gasteiger charge is -2.39. The minimum Gasteiger partial charge on any atom is -0.504 e. The number of hydrogen-bond acceptors (Lipinski definition) is 4. The number of benzene rings is 2. The van der Waals surface area contributed by atoms with Crippen molar-refractivity contribution in [2.45, 2.75) is 96.3 Å². The van der Waals surface area contributed by atoms with Crippen LogP contribution in [0.3, 0.4) is 0 Å². The highest BCUT2D eigenvalue weighted by atomic mass is 16.5. The van der Waals surface area contributed by atoms with Crippen LogP contribution >= 0.6 is 0 Å². The average Bonchev–Trinajstić information content (AvgIpc) is 3.32. The second-order valence-corrected chi connectivity index (χ2v) is 12.4. The molecule has 4 nitrogen and oxygen atoms in total. The van der Waals surface area contributed by atoms with Crippen LogP contribution in [0.15, 0.2) is 42.5 Å². The van der Waals surface area contributed by atoms with E-state index in [4.69, 9.17) is 4.74 Å². The van der Waals surface area contributed by atoms with Crippen molar-refractivity contribution >= 4 is 11.6 Å². The van der Waals surface area contributed by atoms with Gasteiger partial charge in [0.25, 0.3) is 0 Å². The number of rotatable bonds is 5. The lowest BCUT2D eigenvalue weighted by molar-refractivity contribution is -0.130. The summed E-state index contributed by atoms with van der Waals surface area (Å²) in [6.45, 7) is 2.29. The number of fused-ring (bicyclic) bond motifs is 2. The third-order valence-corrected chi connectivity index (χ3v) is 10.1. The van der Waals surface area contributed by atoms with Gasteiger partial charge in [-0.25, -0.2) is 0 Å². The zero-order valence-electron chi connectivity index (χ0n) is 24.2. The first-order chi connectivity index (χ1) is 19.4. The molecule has 0 saturated heterocycles. The first-order valence-electron chi connectivity index (χ1n) is 15.4. The largest absolute Gasteiger partial charge is 0.504 e. The van der Waals surface area contributed by atoms with Crippen molar-refractivity contribution in [3.8, 4) is 23.3 Å². The fraction of sp³-hybridized carbons (Fsp3) is 0.556. The monoisotopic (exact) mass is 540 g/mol. The Morgan fingerprint density at radius 1 is 1.00 bits per heavy atom. The molecule has 2 aromatic carbocycles. The van der Waals surface area contributed by atoms with Crippen LogP contribution in [0.25, 0.3) is 0 Å². The number of ketones is 2. The minimum absolute atomic E-state index is 0.00299. The highest BCUT2D eigenvalue weighted by molar-refractivity contribution is 6.00. The summed E-state index contributed by atoms with van der Waals surface area (Å²) in [5, 5.41) is 10.7. The van der Waals surface area contributed by atoms with Crippen molar-refractivity contribution in [1.82, 2.24) is 0 Å². The van der Waals surface area contributed by atoms with Gasteiger partial charge in [0.05, 0.1) is 19.4 Å². The molecule has 5 rings (SSSR count). The highest BCUT2D eigenvalue weighted by Crippen LogP contribution is 2.53. The predicted molar refractivity (Wildman–Crippen MR) is 158 cm³/mol. The van der Waals surface area contributed by atoms with Gasteiger partial charge in [-0.3, -0.25) is 9.59 Å². The smallest absolute Gasteiger partial charge is 0.160 e. The Labute approximate surface area is 239 Å². The third-order valence-electron chi connectivity index (χ3n) is 10.1. The van der Waals surface area contributed by atoms with Crippen LogP contribution in [-0.4, -0.2) is 23.8 Å². The van der Waals surface area contributed by atoms with Gasteiger partial charge in [0.15, 0.2) is 11.5 Å². The molecule has 0 unspecified atom stereocenters. The van der Waals surface area contributed by atoms with Gasteiger partial charge in [-0.05, 0) is 85.1 Å². The van der Waals surface area contributed by atoms with E-state index in [-0.39, 0.29) is 41.5 Å². The fourth-order valence-electron chi connectivity index (χ4n) is 8.04. The molecule has 4 atom stereocenters. The van der Waals surface area contributed by atoms with Crippen molar-refractivity contribution < 1.29 is 19.4 Å². The van der Waals surface area contributed by atoms with E-state index in [2.05, 4.69) is 30.9 Å². The number of aryl methyl sites for hydroxylation is 1. The topological polar surface area (TPSA) is 63.6 Å². The number of methoxy groups -OCH3 is 1. The van der Waals surface area contributed by atoms with E-state index >= 15 is 0 Å². The van der Waals surface area contributed by atoms with Crippen LogP contribution in [0.2, 0.25) is 0 Å². The van der Waals surface area contributed by atoms with Gasteiger partial charge in [-0.2, -0.15) is 0 Å². The molecule has 0 heterocycles. The van der Waals surface area contributed by atoms with E-state index in [9.17, 15) is 14.7 Å². The van der Waals surface area contributed by atoms with Gasteiger partial charge < -0.3 is 9.84 Å². The number of carbonyl (C=O) groups excluding carboxylic acids is 2. The maximum absolute atomic E-state index is 13.9. The van der Waals surface area contributed by atoms with E-state index in [0.29, 0.717) is 29.9 Å².